The predicted octanol–water partition coefficient (Wildman–Crippen LogP) is 12.3. The molecule has 0 aromatic heterocycles. The number of anilines is 6. The second kappa shape index (κ2) is 10.6. The summed E-state index contributed by atoms with van der Waals surface area (Å²) in [4.78, 5) is 4.75. The molecule has 0 bridgehead atoms. The Morgan fingerprint density at radius 1 is 0.478 bits per heavy atom. The van der Waals surface area contributed by atoms with Crippen LogP contribution in [-0.2, 0) is 5.41 Å². The van der Waals surface area contributed by atoms with Gasteiger partial charge in [0.2, 0.25) is 0 Å². The first-order valence-corrected chi connectivity index (χ1v) is 16.6. The number of aryl methyl sites for hydroxylation is 1. The van der Waals surface area contributed by atoms with E-state index in [-0.39, 0.29) is 5.41 Å². The molecule has 1 saturated carbocycles. The normalized spacial score (nSPS) is 15.6. The monoisotopic (exact) mass is 592 g/mol. The third-order valence-electron chi connectivity index (χ3n) is 10.4. The predicted molar refractivity (Wildman–Crippen MR) is 194 cm³/mol. The molecule has 0 amide bonds. The number of para-hydroxylation sites is 5. The largest absolute Gasteiger partial charge is 0.306 e. The zero-order valence-electron chi connectivity index (χ0n) is 26.2. The molecule has 6 aromatic rings. The lowest BCUT2D eigenvalue weighted by Gasteiger charge is -2.40. The maximum absolute atomic E-state index is 2.47. The highest BCUT2D eigenvalue weighted by Crippen LogP contribution is 2.57. The van der Waals surface area contributed by atoms with Gasteiger partial charge >= 0.3 is 0 Å². The van der Waals surface area contributed by atoms with E-state index >= 15 is 0 Å². The van der Waals surface area contributed by atoms with E-state index in [0.29, 0.717) is 0 Å². The van der Waals surface area contributed by atoms with Crippen LogP contribution < -0.4 is 9.80 Å². The van der Waals surface area contributed by atoms with Crippen LogP contribution >= 0.6 is 0 Å². The molecule has 9 rings (SSSR count). The molecular weight excluding hydrogens is 556 g/mol. The number of hydrogen-bond acceptors (Lipinski definition) is 2. The van der Waals surface area contributed by atoms with Crippen LogP contribution in [0.1, 0.15) is 53.5 Å². The van der Waals surface area contributed by atoms with Crippen molar-refractivity contribution in [3.63, 3.8) is 0 Å². The Labute approximate surface area is 271 Å². The SMILES string of the molecule is Cc1ccc2c(c1)C1(CCCC1)c1cc(C=Cc3ccc(N4c5ccccc5N(c5ccccc5)c5ccccc54)cc3)ccc1-2. The van der Waals surface area contributed by atoms with Gasteiger partial charge < -0.3 is 9.80 Å². The van der Waals surface area contributed by atoms with Gasteiger partial charge in [0.15, 0.2) is 0 Å². The van der Waals surface area contributed by atoms with Crippen molar-refractivity contribution in [2.24, 2.45) is 0 Å². The quantitative estimate of drug-likeness (QED) is 0.188. The van der Waals surface area contributed by atoms with Crippen LogP contribution in [0.15, 0.2) is 140 Å². The number of rotatable bonds is 4. The Morgan fingerprint density at radius 2 is 0.957 bits per heavy atom. The molecule has 46 heavy (non-hydrogen) atoms. The molecule has 0 radical (unpaired) electrons. The summed E-state index contributed by atoms with van der Waals surface area (Å²) in [6.45, 7) is 2.23. The smallest absolute Gasteiger partial charge is 0.0703 e. The summed E-state index contributed by atoms with van der Waals surface area (Å²) >= 11 is 0. The Morgan fingerprint density at radius 3 is 1.57 bits per heavy atom. The Kier molecular flexibility index (Phi) is 6.24. The van der Waals surface area contributed by atoms with Crippen LogP contribution in [0.5, 0.6) is 0 Å². The lowest BCUT2D eigenvalue weighted by atomic mass is 9.76. The highest BCUT2D eigenvalue weighted by molar-refractivity contribution is 6.01. The first-order chi connectivity index (χ1) is 22.7. The summed E-state index contributed by atoms with van der Waals surface area (Å²) < 4.78 is 0. The topological polar surface area (TPSA) is 6.48 Å². The van der Waals surface area contributed by atoms with Crippen molar-refractivity contribution in [1.82, 2.24) is 0 Å². The maximum Gasteiger partial charge on any atom is 0.0703 e. The van der Waals surface area contributed by atoms with Gasteiger partial charge in [-0.1, -0.05) is 122 Å². The number of fused-ring (bicyclic) bond motifs is 7. The summed E-state index contributed by atoms with van der Waals surface area (Å²) in [5, 5.41) is 0. The molecule has 2 heteroatoms. The van der Waals surface area contributed by atoms with E-state index in [1.54, 1.807) is 5.56 Å². The Balaban J connectivity index is 1.04. The van der Waals surface area contributed by atoms with E-state index in [2.05, 4.69) is 168 Å². The van der Waals surface area contributed by atoms with Crippen LogP contribution in [0.3, 0.4) is 0 Å². The van der Waals surface area contributed by atoms with Gasteiger partial charge in [0.25, 0.3) is 0 Å². The second-order valence-electron chi connectivity index (χ2n) is 13.1. The van der Waals surface area contributed by atoms with Gasteiger partial charge in [0.05, 0.1) is 22.7 Å². The van der Waals surface area contributed by atoms with Crippen molar-refractivity contribution in [3.8, 4) is 11.1 Å². The molecule has 2 nitrogen and oxygen atoms in total. The van der Waals surface area contributed by atoms with Gasteiger partial charge in [-0.2, -0.15) is 0 Å². The van der Waals surface area contributed by atoms with Gasteiger partial charge in [0.1, 0.15) is 0 Å². The van der Waals surface area contributed by atoms with Crippen molar-refractivity contribution >= 4 is 46.3 Å². The average molecular weight is 593 g/mol. The molecule has 2 aliphatic carbocycles. The summed E-state index contributed by atoms with van der Waals surface area (Å²) in [5.74, 6) is 0. The van der Waals surface area contributed by atoms with Crippen LogP contribution in [-0.4, -0.2) is 0 Å². The number of nitrogens with zero attached hydrogens (tertiary/aromatic N) is 2. The average Bonchev–Trinajstić information content (AvgIpc) is 3.70. The Bertz CT molecular complexity index is 2070. The van der Waals surface area contributed by atoms with Crippen LogP contribution in [0.4, 0.5) is 34.1 Å². The first-order valence-electron chi connectivity index (χ1n) is 16.6. The van der Waals surface area contributed by atoms with E-state index < -0.39 is 0 Å². The standard InChI is InChI=1S/C44H36N2/c1-31-17-25-36-37-26-22-33(30-39(37)44(38(36)29-31)27-9-10-28-44)19-18-32-20-23-35(24-21-32)46-42-15-7-5-13-40(42)45(34-11-3-2-4-12-34)41-14-6-8-16-43(41)46/h2-8,11-26,29-30H,9-10,27-28H2,1H3. The third-order valence-corrected chi connectivity index (χ3v) is 10.4. The van der Waals surface area contributed by atoms with Gasteiger partial charge in [-0.25, -0.2) is 0 Å². The fourth-order valence-electron chi connectivity index (χ4n) is 8.25. The fourth-order valence-corrected chi connectivity index (χ4v) is 8.25. The van der Waals surface area contributed by atoms with E-state index in [1.807, 2.05) is 0 Å². The van der Waals surface area contributed by atoms with Gasteiger partial charge in [-0.3, -0.25) is 0 Å². The molecule has 0 N–H and O–H groups in total. The maximum atomic E-state index is 2.47. The zero-order valence-corrected chi connectivity index (χ0v) is 26.2. The molecule has 0 saturated heterocycles. The minimum absolute atomic E-state index is 0.194. The summed E-state index contributed by atoms with van der Waals surface area (Å²) in [6, 6.07) is 51.2. The highest BCUT2D eigenvalue weighted by atomic mass is 15.3. The molecule has 1 aliphatic heterocycles. The van der Waals surface area contributed by atoms with Crippen LogP contribution in [0.25, 0.3) is 23.3 Å². The molecule has 6 aromatic carbocycles. The molecule has 0 unspecified atom stereocenters. The van der Waals surface area contributed by atoms with Crippen LogP contribution in [0, 0.1) is 6.92 Å². The minimum Gasteiger partial charge on any atom is -0.306 e. The highest BCUT2D eigenvalue weighted by Gasteiger charge is 2.45. The first kappa shape index (κ1) is 27.0. The van der Waals surface area contributed by atoms with E-state index in [0.717, 1.165) is 11.4 Å². The molecular formula is C44H36N2. The number of benzene rings is 6. The Hall–Kier alpha value is -5.34. The third kappa shape index (κ3) is 4.17. The van der Waals surface area contributed by atoms with Crippen molar-refractivity contribution in [3.05, 3.63) is 167 Å². The molecule has 3 aliphatic rings. The lowest BCUT2D eigenvalue weighted by molar-refractivity contribution is 0.549. The van der Waals surface area contributed by atoms with Gasteiger partial charge in [-0.05, 0) is 102 Å². The second-order valence-corrected chi connectivity index (χ2v) is 13.1. The van der Waals surface area contributed by atoms with Gasteiger partial charge in [0, 0.05) is 16.8 Å². The molecule has 1 fully saturated rings. The van der Waals surface area contributed by atoms with E-state index in [9.17, 15) is 0 Å². The minimum atomic E-state index is 0.194. The zero-order chi connectivity index (χ0) is 30.7. The molecule has 1 spiro atoms. The van der Waals surface area contributed by atoms with Gasteiger partial charge in [-0.15, -0.1) is 0 Å². The van der Waals surface area contributed by atoms with Crippen molar-refractivity contribution in [1.29, 1.82) is 0 Å². The summed E-state index contributed by atoms with van der Waals surface area (Å²) in [7, 11) is 0. The molecule has 1 heterocycles. The van der Waals surface area contributed by atoms with Crippen molar-refractivity contribution in [2.75, 3.05) is 9.80 Å². The molecule has 222 valence electrons. The summed E-state index contributed by atoms with van der Waals surface area (Å²) in [5.41, 5.74) is 17.0. The van der Waals surface area contributed by atoms with Crippen LogP contribution in [0.2, 0.25) is 0 Å². The van der Waals surface area contributed by atoms with Crippen molar-refractivity contribution < 1.29 is 0 Å². The fraction of sp³-hybridized carbons (Fsp3) is 0.136. The molecule has 0 atom stereocenters. The van der Waals surface area contributed by atoms with Crippen molar-refractivity contribution in [2.45, 2.75) is 38.0 Å². The number of hydrogen-bond donors (Lipinski definition) is 0. The lowest BCUT2D eigenvalue weighted by Crippen LogP contribution is -2.23. The van der Waals surface area contributed by atoms with E-state index in [1.165, 1.54) is 81.8 Å². The summed E-state index contributed by atoms with van der Waals surface area (Å²) in [6.07, 6.45) is 9.70. The van der Waals surface area contributed by atoms with E-state index in [4.69, 9.17) is 0 Å².